The summed E-state index contributed by atoms with van der Waals surface area (Å²) in [7, 11) is 1.59. The molecule has 32 heavy (non-hydrogen) atoms. The molecule has 2 aromatic carbocycles. The number of rotatable bonds is 11. The average molecular weight is 475 g/mol. The molecule has 0 saturated heterocycles. The number of para-hydroxylation sites is 1. The number of amides is 1. The van der Waals surface area contributed by atoms with Crippen molar-refractivity contribution in [3.8, 4) is 17.2 Å². The second kappa shape index (κ2) is 11.5. The van der Waals surface area contributed by atoms with Crippen molar-refractivity contribution in [2.45, 2.75) is 17.2 Å². The van der Waals surface area contributed by atoms with E-state index in [9.17, 15) is 9.59 Å². The van der Waals surface area contributed by atoms with Gasteiger partial charge in [-0.25, -0.2) is 4.98 Å². The molecule has 0 saturated carbocycles. The van der Waals surface area contributed by atoms with E-state index in [2.05, 4.69) is 10.3 Å². The Morgan fingerprint density at radius 2 is 1.91 bits per heavy atom. The van der Waals surface area contributed by atoms with Gasteiger partial charge in [-0.1, -0.05) is 29.5 Å². The fraction of sp³-hybridized carbons (Fsp3) is 0.227. The van der Waals surface area contributed by atoms with Crippen LogP contribution < -0.4 is 14.8 Å². The highest BCUT2D eigenvalue weighted by Gasteiger charge is 2.15. The Bertz CT molecular complexity index is 1060. The number of carbonyl (C=O) groups excluding carboxylic acids is 1. The Hall–Kier alpha value is -3.08. The number of carboxylic acid groups (broad SMARTS) is 1. The van der Waals surface area contributed by atoms with Gasteiger partial charge in [-0.15, -0.1) is 11.8 Å². The Labute approximate surface area is 193 Å². The van der Waals surface area contributed by atoms with Gasteiger partial charge in [-0.05, 0) is 31.2 Å². The van der Waals surface area contributed by atoms with E-state index in [4.69, 9.17) is 19.3 Å². The normalized spacial score (nSPS) is 11.6. The van der Waals surface area contributed by atoms with Gasteiger partial charge in [0.1, 0.15) is 23.4 Å². The number of nitrogens with one attached hydrogen (secondary N) is 1. The lowest BCUT2D eigenvalue weighted by atomic mass is 10.2. The van der Waals surface area contributed by atoms with Crippen LogP contribution in [-0.2, 0) is 9.53 Å². The van der Waals surface area contributed by atoms with Gasteiger partial charge >= 0.3 is 5.97 Å². The third-order valence-electron chi connectivity index (χ3n) is 3.90. The number of aromatic nitrogens is 1. The molecule has 0 fully saturated rings. The van der Waals surface area contributed by atoms with E-state index in [1.807, 2.05) is 37.3 Å². The number of thiazole rings is 1. The van der Waals surface area contributed by atoms with Crippen LogP contribution in [0.2, 0.25) is 0 Å². The van der Waals surface area contributed by atoms with Gasteiger partial charge in [0.25, 0.3) is 5.91 Å². The number of nitrogens with zero attached hydrogens (tertiary/aromatic N) is 1. The molecule has 0 aliphatic rings. The van der Waals surface area contributed by atoms with Crippen molar-refractivity contribution in [3.05, 3.63) is 60.3 Å². The Balaban J connectivity index is 1.79. The molecule has 3 aromatic rings. The molecule has 0 bridgehead atoms. The summed E-state index contributed by atoms with van der Waals surface area (Å²) in [6.45, 7) is 2.25. The standard InChI is InChI=1S/C22H22N2O6S2/c1-14(12-28-2)29-17-8-15(9-18(10-17)30-16-6-4-3-5-7-16)21(27)24-22-23-11-20(32-22)31-13-19(25)26/h3-11,14H,12-13H2,1-2H3,(H,25,26)(H,23,24,27)/t14-/m0/s1. The zero-order valence-electron chi connectivity index (χ0n) is 17.4. The van der Waals surface area contributed by atoms with Crippen molar-refractivity contribution in [1.82, 2.24) is 4.98 Å². The number of aliphatic carboxylic acids is 1. The minimum Gasteiger partial charge on any atom is -0.488 e. The number of hydrogen-bond acceptors (Lipinski definition) is 8. The number of ether oxygens (including phenoxy) is 3. The maximum Gasteiger partial charge on any atom is 0.313 e. The maximum absolute atomic E-state index is 12.9. The predicted octanol–water partition coefficient (Wildman–Crippen LogP) is 4.78. The van der Waals surface area contributed by atoms with Gasteiger partial charge in [0.2, 0.25) is 0 Å². The molecule has 168 valence electrons. The molecule has 2 N–H and O–H groups in total. The first-order valence-corrected chi connectivity index (χ1v) is 11.4. The van der Waals surface area contributed by atoms with Crippen molar-refractivity contribution in [2.24, 2.45) is 0 Å². The quantitative estimate of drug-likeness (QED) is 0.383. The van der Waals surface area contributed by atoms with E-state index in [1.54, 1.807) is 25.3 Å². The summed E-state index contributed by atoms with van der Waals surface area (Å²) in [5.74, 6) is 0.150. The molecule has 1 heterocycles. The molecule has 8 nitrogen and oxygen atoms in total. The average Bonchev–Trinajstić information content (AvgIpc) is 3.20. The number of benzene rings is 2. The first-order valence-electron chi connectivity index (χ1n) is 9.58. The second-order valence-corrected chi connectivity index (χ2v) is 8.92. The lowest BCUT2D eigenvalue weighted by Crippen LogP contribution is -2.18. The monoisotopic (exact) mass is 474 g/mol. The van der Waals surface area contributed by atoms with Gasteiger partial charge in [-0.3, -0.25) is 14.9 Å². The van der Waals surface area contributed by atoms with Crippen LogP contribution in [0.1, 0.15) is 17.3 Å². The fourth-order valence-corrected chi connectivity index (χ4v) is 4.23. The molecule has 0 aliphatic heterocycles. The summed E-state index contributed by atoms with van der Waals surface area (Å²) < 4.78 is 17.6. The smallest absolute Gasteiger partial charge is 0.313 e. The molecule has 3 rings (SSSR count). The largest absolute Gasteiger partial charge is 0.488 e. The van der Waals surface area contributed by atoms with E-state index >= 15 is 0 Å². The van der Waals surface area contributed by atoms with E-state index < -0.39 is 11.9 Å². The minimum absolute atomic E-state index is 0.0746. The molecule has 1 atom stereocenters. The number of methoxy groups -OCH3 is 1. The van der Waals surface area contributed by atoms with Crippen LogP contribution in [0.3, 0.4) is 0 Å². The van der Waals surface area contributed by atoms with E-state index in [0.29, 0.717) is 38.8 Å². The Morgan fingerprint density at radius 3 is 2.62 bits per heavy atom. The highest BCUT2D eigenvalue weighted by molar-refractivity contribution is 8.01. The molecular formula is C22H22N2O6S2. The summed E-state index contributed by atoms with van der Waals surface area (Å²) in [6, 6.07) is 14.2. The zero-order chi connectivity index (χ0) is 22.9. The van der Waals surface area contributed by atoms with Crippen LogP contribution in [-0.4, -0.2) is 47.5 Å². The second-order valence-electron chi connectivity index (χ2n) is 6.61. The summed E-state index contributed by atoms with van der Waals surface area (Å²) in [6.07, 6.45) is 1.31. The van der Waals surface area contributed by atoms with Crippen molar-refractivity contribution in [3.63, 3.8) is 0 Å². The van der Waals surface area contributed by atoms with Gasteiger partial charge in [0.15, 0.2) is 5.13 Å². The summed E-state index contributed by atoms with van der Waals surface area (Å²) >= 11 is 2.35. The van der Waals surface area contributed by atoms with Crippen LogP contribution >= 0.6 is 23.1 Å². The molecule has 0 radical (unpaired) electrons. The van der Waals surface area contributed by atoms with Crippen molar-refractivity contribution < 1.29 is 28.9 Å². The lowest BCUT2D eigenvalue weighted by molar-refractivity contribution is -0.133. The third kappa shape index (κ3) is 7.26. The summed E-state index contributed by atoms with van der Waals surface area (Å²) in [5, 5.41) is 11.9. The summed E-state index contributed by atoms with van der Waals surface area (Å²) in [5.41, 5.74) is 0.327. The number of anilines is 1. The Kier molecular flexibility index (Phi) is 8.48. The third-order valence-corrected chi connectivity index (χ3v) is 5.99. The van der Waals surface area contributed by atoms with Crippen LogP contribution in [0.4, 0.5) is 5.13 Å². The van der Waals surface area contributed by atoms with Crippen LogP contribution in [0, 0.1) is 0 Å². The molecule has 1 aromatic heterocycles. The van der Waals surface area contributed by atoms with Crippen molar-refractivity contribution in [1.29, 1.82) is 0 Å². The zero-order valence-corrected chi connectivity index (χ0v) is 19.1. The number of hydrogen-bond donors (Lipinski definition) is 2. The topological polar surface area (TPSA) is 107 Å². The van der Waals surface area contributed by atoms with Crippen LogP contribution in [0.5, 0.6) is 17.2 Å². The first-order chi connectivity index (χ1) is 15.4. The molecule has 1 amide bonds. The first kappa shape index (κ1) is 23.6. The fourth-order valence-electron chi connectivity index (χ4n) is 2.64. The Morgan fingerprint density at radius 1 is 1.16 bits per heavy atom. The van der Waals surface area contributed by atoms with Gasteiger partial charge < -0.3 is 19.3 Å². The van der Waals surface area contributed by atoms with E-state index in [0.717, 1.165) is 11.8 Å². The van der Waals surface area contributed by atoms with Crippen molar-refractivity contribution in [2.75, 3.05) is 24.8 Å². The van der Waals surface area contributed by atoms with E-state index in [-0.39, 0.29) is 11.9 Å². The van der Waals surface area contributed by atoms with Crippen LogP contribution in [0.25, 0.3) is 0 Å². The molecule has 10 heteroatoms. The number of carbonyl (C=O) groups is 2. The SMILES string of the molecule is COC[C@H](C)Oc1cc(Oc2ccccc2)cc(C(=O)Nc2ncc(SCC(=O)O)s2)c1. The van der Waals surface area contributed by atoms with Gasteiger partial charge in [0.05, 0.1) is 22.8 Å². The number of thioether (sulfide) groups is 1. The van der Waals surface area contributed by atoms with Crippen LogP contribution in [0.15, 0.2) is 58.9 Å². The van der Waals surface area contributed by atoms with Crippen molar-refractivity contribution >= 4 is 40.1 Å². The summed E-state index contributed by atoms with van der Waals surface area (Å²) in [4.78, 5) is 27.7. The van der Waals surface area contributed by atoms with Gasteiger partial charge in [0, 0.05) is 18.7 Å². The highest BCUT2D eigenvalue weighted by Crippen LogP contribution is 2.31. The minimum atomic E-state index is -0.917. The molecule has 0 aliphatic carbocycles. The maximum atomic E-state index is 12.9. The molecule has 0 spiro atoms. The molecular weight excluding hydrogens is 452 g/mol. The van der Waals surface area contributed by atoms with Gasteiger partial charge in [-0.2, -0.15) is 0 Å². The lowest BCUT2D eigenvalue weighted by Gasteiger charge is -2.16. The van der Waals surface area contributed by atoms with E-state index in [1.165, 1.54) is 17.5 Å². The molecule has 0 unspecified atom stereocenters. The number of carboxylic acids is 1. The predicted molar refractivity (Wildman–Crippen MR) is 123 cm³/mol. The highest BCUT2D eigenvalue weighted by atomic mass is 32.2.